The van der Waals surface area contributed by atoms with Gasteiger partial charge in [-0.2, -0.15) is 0 Å². The molecule has 0 radical (unpaired) electrons. The Morgan fingerprint density at radius 1 is 1.58 bits per heavy atom. The van der Waals surface area contributed by atoms with Gasteiger partial charge in [-0.25, -0.2) is 9.97 Å². The van der Waals surface area contributed by atoms with Crippen molar-refractivity contribution in [2.24, 2.45) is 0 Å². The Hall–Kier alpha value is -1.89. The molecule has 0 aromatic carbocycles. The van der Waals surface area contributed by atoms with Crippen LogP contribution < -0.4 is 20.3 Å². The zero-order valence-corrected chi connectivity index (χ0v) is 11.2. The lowest BCUT2D eigenvalue weighted by Gasteiger charge is -2.35. The third-order valence-corrected chi connectivity index (χ3v) is 3.00. The fraction of sp³-hybridized carbons (Fsp3) is 0.583. The number of hydrogen-bond donors (Lipinski definition) is 2. The number of aromatic nitrogens is 2. The SMILES string of the molecule is CCNC(=O)C1CNCCN1c1ncc(OC)cn1. The maximum absolute atomic E-state index is 12.0. The Morgan fingerprint density at radius 3 is 2.95 bits per heavy atom. The number of rotatable bonds is 4. The Kier molecular flexibility index (Phi) is 4.51. The Labute approximate surface area is 112 Å². The van der Waals surface area contributed by atoms with Crippen LogP contribution in [0, 0.1) is 0 Å². The van der Waals surface area contributed by atoms with Crippen LogP contribution in [0.25, 0.3) is 0 Å². The van der Waals surface area contributed by atoms with Gasteiger partial charge in [0, 0.05) is 26.2 Å². The van der Waals surface area contributed by atoms with E-state index in [0.29, 0.717) is 31.3 Å². The molecule has 1 amide bonds. The second-order valence-electron chi connectivity index (χ2n) is 4.23. The van der Waals surface area contributed by atoms with Crippen LogP contribution in [0.3, 0.4) is 0 Å². The zero-order chi connectivity index (χ0) is 13.7. The van der Waals surface area contributed by atoms with Crippen LogP contribution in [-0.2, 0) is 4.79 Å². The fourth-order valence-corrected chi connectivity index (χ4v) is 2.03. The molecule has 1 atom stereocenters. The quantitative estimate of drug-likeness (QED) is 0.757. The van der Waals surface area contributed by atoms with Gasteiger partial charge in [0.05, 0.1) is 19.5 Å². The van der Waals surface area contributed by atoms with Gasteiger partial charge in [0.25, 0.3) is 0 Å². The summed E-state index contributed by atoms with van der Waals surface area (Å²) in [7, 11) is 1.57. The van der Waals surface area contributed by atoms with Crippen molar-refractivity contribution in [3.05, 3.63) is 12.4 Å². The smallest absolute Gasteiger partial charge is 0.244 e. The Bertz CT molecular complexity index is 423. The average molecular weight is 265 g/mol. The largest absolute Gasteiger partial charge is 0.494 e. The summed E-state index contributed by atoms with van der Waals surface area (Å²) in [5.41, 5.74) is 0. The summed E-state index contributed by atoms with van der Waals surface area (Å²) in [5, 5.41) is 6.05. The molecule has 19 heavy (non-hydrogen) atoms. The first kappa shape index (κ1) is 13.5. The van der Waals surface area contributed by atoms with E-state index in [9.17, 15) is 4.79 Å². The number of nitrogens with one attached hydrogen (secondary N) is 2. The maximum Gasteiger partial charge on any atom is 0.244 e. The van der Waals surface area contributed by atoms with E-state index in [4.69, 9.17) is 4.74 Å². The number of amides is 1. The second-order valence-corrected chi connectivity index (χ2v) is 4.23. The molecule has 1 unspecified atom stereocenters. The highest BCUT2D eigenvalue weighted by molar-refractivity contribution is 5.85. The average Bonchev–Trinajstić information content (AvgIpc) is 2.47. The first-order chi connectivity index (χ1) is 9.26. The van der Waals surface area contributed by atoms with Gasteiger partial charge in [0.1, 0.15) is 6.04 Å². The molecule has 2 rings (SSSR count). The van der Waals surface area contributed by atoms with E-state index in [1.54, 1.807) is 19.5 Å². The third-order valence-electron chi connectivity index (χ3n) is 3.00. The minimum atomic E-state index is -0.276. The lowest BCUT2D eigenvalue weighted by atomic mass is 10.2. The monoisotopic (exact) mass is 265 g/mol. The van der Waals surface area contributed by atoms with Gasteiger partial charge in [-0.15, -0.1) is 0 Å². The Morgan fingerprint density at radius 2 is 2.32 bits per heavy atom. The van der Waals surface area contributed by atoms with Crippen LogP contribution in [-0.4, -0.2) is 55.2 Å². The second kappa shape index (κ2) is 6.33. The number of carbonyl (C=O) groups excluding carboxylic acids is 1. The number of likely N-dealkylation sites (N-methyl/N-ethyl adjacent to an activating group) is 1. The van der Waals surface area contributed by atoms with E-state index in [0.717, 1.165) is 6.54 Å². The molecule has 0 spiro atoms. The van der Waals surface area contributed by atoms with Crippen LogP contribution in [0.4, 0.5) is 5.95 Å². The minimum absolute atomic E-state index is 0.00545. The van der Waals surface area contributed by atoms with E-state index >= 15 is 0 Å². The van der Waals surface area contributed by atoms with Crippen molar-refractivity contribution in [3.8, 4) is 5.75 Å². The van der Waals surface area contributed by atoms with Gasteiger partial charge in [0.2, 0.25) is 11.9 Å². The molecular formula is C12H19N5O2. The highest BCUT2D eigenvalue weighted by Crippen LogP contribution is 2.15. The van der Waals surface area contributed by atoms with Crippen molar-refractivity contribution < 1.29 is 9.53 Å². The van der Waals surface area contributed by atoms with Gasteiger partial charge in [-0.3, -0.25) is 4.79 Å². The molecule has 7 nitrogen and oxygen atoms in total. The molecule has 1 aliphatic heterocycles. The van der Waals surface area contributed by atoms with E-state index in [2.05, 4.69) is 20.6 Å². The van der Waals surface area contributed by atoms with Crippen LogP contribution in [0.15, 0.2) is 12.4 Å². The maximum atomic E-state index is 12.0. The predicted octanol–water partition coefficient (Wildman–Crippen LogP) is -0.600. The van der Waals surface area contributed by atoms with E-state index in [1.165, 1.54) is 0 Å². The van der Waals surface area contributed by atoms with Crippen molar-refractivity contribution >= 4 is 11.9 Å². The van der Waals surface area contributed by atoms with Crippen LogP contribution in [0.2, 0.25) is 0 Å². The van der Waals surface area contributed by atoms with Crippen LogP contribution in [0.5, 0.6) is 5.75 Å². The normalized spacial score (nSPS) is 19.1. The molecule has 104 valence electrons. The summed E-state index contributed by atoms with van der Waals surface area (Å²) in [6.07, 6.45) is 3.22. The number of anilines is 1. The number of hydrogen-bond acceptors (Lipinski definition) is 6. The van der Waals surface area contributed by atoms with Crippen LogP contribution >= 0.6 is 0 Å². The van der Waals surface area contributed by atoms with Gasteiger partial charge in [-0.1, -0.05) is 0 Å². The Balaban J connectivity index is 2.15. The van der Waals surface area contributed by atoms with E-state index in [-0.39, 0.29) is 11.9 Å². The van der Waals surface area contributed by atoms with Crippen molar-refractivity contribution in [1.29, 1.82) is 0 Å². The molecule has 7 heteroatoms. The predicted molar refractivity (Wildman–Crippen MR) is 71.3 cm³/mol. The number of methoxy groups -OCH3 is 1. The minimum Gasteiger partial charge on any atom is -0.494 e. The summed E-state index contributed by atoms with van der Waals surface area (Å²) >= 11 is 0. The summed E-state index contributed by atoms with van der Waals surface area (Å²) in [6.45, 7) is 4.63. The number of nitrogens with zero attached hydrogens (tertiary/aromatic N) is 3. The molecule has 0 bridgehead atoms. The summed E-state index contributed by atoms with van der Waals surface area (Å²) in [6, 6.07) is -0.276. The van der Waals surface area contributed by atoms with Crippen molar-refractivity contribution in [1.82, 2.24) is 20.6 Å². The highest BCUT2D eigenvalue weighted by Gasteiger charge is 2.29. The topological polar surface area (TPSA) is 79.4 Å². The molecule has 1 aromatic heterocycles. The molecule has 1 fully saturated rings. The van der Waals surface area contributed by atoms with E-state index < -0.39 is 0 Å². The highest BCUT2D eigenvalue weighted by atomic mass is 16.5. The van der Waals surface area contributed by atoms with E-state index in [1.807, 2.05) is 11.8 Å². The van der Waals surface area contributed by atoms with Crippen LogP contribution in [0.1, 0.15) is 6.92 Å². The van der Waals surface area contributed by atoms with Gasteiger partial charge in [-0.05, 0) is 6.92 Å². The van der Waals surface area contributed by atoms with Gasteiger partial charge >= 0.3 is 0 Å². The summed E-state index contributed by atoms with van der Waals surface area (Å²) in [4.78, 5) is 22.4. The fourth-order valence-electron chi connectivity index (χ4n) is 2.03. The number of ether oxygens (including phenoxy) is 1. The molecule has 0 saturated carbocycles. The van der Waals surface area contributed by atoms with Gasteiger partial charge < -0.3 is 20.3 Å². The lowest BCUT2D eigenvalue weighted by Crippen LogP contribution is -2.58. The molecule has 2 heterocycles. The molecular weight excluding hydrogens is 246 g/mol. The summed E-state index contributed by atoms with van der Waals surface area (Å²) in [5.74, 6) is 1.15. The zero-order valence-electron chi connectivity index (χ0n) is 11.2. The molecule has 1 aromatic rings. The summed E-state index contributed by atoms with van der Waals surface area (Å²) < 4.78 is 5.03. The molecule has 0 aliphatic carbocycles. The molecule has 1 aliphatic rings. The molecule has 2 N–H and O–H groups in total. The first-order valence-corrected chi connectivity index (χ1v) is 6.37. The number of carbonyl (C=O) groups is 1. The van der Waals surface area contributed by atoms with Crippen molar-refractivity contribution in [3.63, 3.8) is 0 Å². The first-order valence-electron chi connectivity index (χ1n) is 6.37. The van der Waals surface area contributed by atoms with Gasteiger partial charge in [0.15, 0.2) is 5.75 Å². The molecule has 1 saturated heterocycles. The number of piperazine rings is 1. The lowest BCUT2D eigenvalue weighted by molar-refractivity contribution is -0.122. The third kappa shape index (κ3) is 3.11. The van der Waals surface area contributed by atoms with Crippen molar-refractivity contribution in [2.75, 3.05) is 38.2 Å². The standard InChI is InChI=1S/C12H19N5O2/c1-3-14-11(18)10-8-13-4-5-17(10)12-15-6-9(19-2)7-16-12/h6-7,10,13H,3-5,8H2,1-2H3,(H,14,18). The van der Waals surface area contributed by atoms with Crippen molar-refractivity contribution in [2.45, 2.75) is 13.0 Å².